The van der Waals surface area contributed by atoms with Crippen molar-refractivity contribution in [3.05, 3.63) is 65.0 Å². The summed E-state index contributed by atoms with van der Waals surface area (Å²) in [5, 5.41) is 13.2. The van der Waals surface area contributed by atoms with Gasteiger partial charge in [0.15, 0.2) is 0 Å². The molecule has 3 N–H and O–H groups in total. The van der Waals surface area contributed by atoms with Crippen molar-refractivity contribution < 1.29 is 9.90 Å². The van der Waals surface area contributed by atoms with E-state index >= 15 is 0 Å². The lowest BCUT2D eigenvalue weighted by Crippen LogP contribution is -2.34. The molecule has 1 amide bonds. The normalized spacial score (nSPS) is 19.1. The average Bonchev–Trinajstić information content (AvgIpc) is 3.15. The fraction of sp³-hybridized carbons (Fsp3) is 0.300. The predicted molar refractivity (Wildman–Crippen MR) is 96.2 cm³/mol. The lowest BCUT2D eigenvalue weighted by Gasteiger charge is -2.17. The summed E-state index contributed by atoms with van der Waals surface area (Å²) in [7, 11) is 0. The molecule has 0 radical (unpaired) electrons. The van der Waals surface area contributed by atoms with Gasteiger partial charge in [-0.25, -0.2) is 4.98 Å². The maximum Gasteiger partial charge on any atom is 0.221 e. The lowest BCUT2D eigenvalue weighted by atomic mass is 10.1. The Bertz CT molecular complexity index is 932. The summed E-state index contributed by atoms with van der Waals surface area (Å²) >= 11 is 0. The van der Waals surface area contributed by atoms with Crippen LogP contribution >= 0.6 is 0 Å². The summed E-state index contributed by atoms with van der Waals surface area (Å²) in [5.74, 6) is 0.741. The van der Waals surface area contributed by atoms with Gasteiger partial charge in [0.1, 0.15) is 5.82 Å². The third-order valence-corrected chi connectivity index (χ3v) is 4.87. The smallest absolute Gasteiger partial charge is 0.221 e. The summed E-state index contributed by atoms with van der Waals surface area (Å²) in [4.78, 5) is 20.2. The number of fused-ring (bicyclic) bond motifs is 2. The van der Waals surface area contributed by atoms with Gasteiger partial charge in [0.25, 0.3) is 0 Å². The second kappa shape index (κ2) is 6.33. The van der Waals surface area contributed by atoms with Crippen molar-refractivity contribution in [2.75, 3.05) is 0 Å². The highest BCUT2D eigenvalue weighted by atomic mass is 16.3. The van der Waals surface area contributed by atoms with E-state index in [1.165, 1.54) is 0 Å². The molecule has 0 aliphatic heterocycles. The fourth-order valence-corrected chi connectivity index (χ4v) is 3.57. The van der Waals surface area contributed by atoms with Gasteiger partial charge in [0.2, 0.25) is 5.91 Å². The van der Waals surface area contributed by atoms with Crippen molar-refractivity contribution in [2.24, 2.45) is 0 Å². The number of rotatable bonds is 4. The van der Waals surface area contributed by atoms with Crippen molar-refractivity contribution in [3.8, 4) is 0 Å². The summed E-state index contributed by atoms with van der Waals surface area (Å²) in [6, 6.07) is 13.6. The number of aromatic nitrogens is 2. The lowest BCUT2D eigenvalue weighted by molar-refractivity contribution is -0.122. The van der Waals surface area contributed by atoms with Gasteiger partial charge in [-0.2, -0.15) is 0 Å². The molecule has 2 aromatic carbocycles. The first kappa shape index (κ1) is 15.8. The number of aliphatic hydroxyl groups is 1. The van der Waals surface area contributed by atoms with Crippen molar-refractivity contribution in [3.63, 3.8) is 0 Å². The number of carbonyl (C=O) groups is 1. The molecule has 0 saturated heterocycles. The number of amides is 1. The van der Waals surface area contributed by atoms with Crippen LogP contribution in [0.2, 0.25) is 0 Å². The van der Waals surface area contributed by atoms with Crippen molar-refractivity contribution in [1.29, 1.82) is 0 Å². The van der Waals surface area contributed by atoms with Gasteiger partial charge in [-0.15, -0.1) is 0 Å². The average molecular weight is 335 g/mol. The first-order valence-electron chi connectivity index (χ1n) is 8.61. The maximum atomic E-state index is 12.3. The van der Waals surface area contributed by atoms with Crippen molar-refractivity contribution in [1.82, 2.24) is 15.3 Å². The van der Waals surface area contributed by atoms with E-state index in [1.54, 1.807) is 0 Å². The Kier molecular flexibility index (Phi) is 4.01. The second-order valence-corrected chi connectivity index (χ2v) is 6.67. The molecular formula is C20H21N3O2. The van der Waals surface area contributed by atoms with E-state index in [1.807, 2.05) is 49.4 Å². The second-order valence-electron chi connectivity index (χ2n) is 6.67. The van der Waals surface area contributed by atoms with Crippen LogP contribution in [0.1, 0.15) is 35.0 Å². The molecule has 1 heterocycles. The maximum absolute atomic E-state index is 12.3. The number of hydrogen-bond donors (Lipinski definition) is 3. The molecule has 5 heteroatoms. The third kappa shape index (κ3) is 3.03. The standard InChI is InChI=1S/C20H21N3O2/c1-12-5-4-8-15-19(12)22-17(21-15)9-10-18(25)23-20-14-7-3-2-6-13(14)11-16(20)24/h2-8,16,20,24H,9-11H2,1H3,(H,21,22)(H,23,25)/t16-,20+/m0/s1. The molecule has 0 saturated carbocycles. The van der Waals surface area contributed by atoms with E-state index in [0.717, 1.165) is 33.5 Å². The zero-order chi connectivity index (χ0) is 17.4. The predicted octanol–water partition coefficient (Wildman–Crippen LogP) is 2.58. The van der Waals surface area contributed by atoms with Crippen LogP contribution in [0.3, 0.4) is 0 Å². The van der Waals surface area contributed by atoms with Gasteiger partial charge in [-0.1, -0.05) is 36.4 Å². The Morgan fingerprint density at radius 2 is 2.12 bits per heavy atom. The van der Waals surface area contributed by atoms with Crippen LogP contribution < -0.4 is 5.32 Å². The third-order valence-electron chi connectivity index (χ3n) is 4.87. The molecule has 3 aromatic rings. The van der Waals surface area contributed by atoms with Crippen LogP contribution in [0, 0.1) is 6.92 Å². The minimum atomic E-state index is -0.560. The van der Waals surface area contributed by atoms with E-state index in [0.29, 0.717) is 19.3 Å². The highest BCUT2D eigenvalue weighted by Crippen LogP contribution is 2.31. The number of hydrogen-bond acceptors (Lipinski definition) is 3. The highest BCUT2D eigenvalue weighted by Gasteiger charge is 2.31. The molecule has 128 valence electrons. The van der Waals surface area contributed by atoms with E-state index in [2.05, 4.69) is 15.3 Å². The SMILES string of the molecule is Cc1cccc2[nH]c(CCC(=O)N[C@@H]3c4ccccc4C[C@@H]3O)nc12. The Balaban J connectivity index is 1.41. The number of carbonyl (C=O) groups excluding carboxylic acids is 1. The topological polar surface area (TPSA) is 78.0 Å². The number of H-pyrrole nitrogens is 1. The molecule has 1 aliphatic carbocycles. The van der Waals surface area contributed by atoms with Crippen LogP contribution in [0.5, 0.6) is 0 Å². The van der Waals surface area contributed by atoms with Gasteiger partial charge in [0, 0.05) is 19.3 Å². The Hall–Kier alpha value is -2.66. The largest absolute Gasteiger partial charge is 0.390 e. The molecule has 25 heavy (non-hydrogen) atoms. The molecule has 0 bridgehead atoms. The molecule has 5 nitrogen and oxygen atoms in total. The van der Waals surface area contributed by atoms with E-state index in [9.17, 15) is 9.90 Å². The zero-order valence-electron chi connectivity index (χ0n) is 14.1. The number of aromatic amines is 1. The number of para-hydroxylation sites is 1. The van der Waals surface area contributed by atoms with Gasteiger partial charge in [-0.05, 0) is 29.7 Å². The fourth-order valence-electron chi connectivity index (χ4n) is 3.57. The Morgan fingerprint density at radius 3 is 2.96 bits per heavy atom. The molecule has 0 fully saturated rings. The monoisotopic (exact) mass is 335 g/mol. The van der Waals surface area contributed by atoms with Crippen LogP contribution in [0.4, 0.5) is 0 Å². The van der Waals surface area contributed by atoms with E-state index in [4.69, 9.17) is 0 Å². The van der Waals surface area contributed by atoms with Gasteiger partial charge >= 0.3 is 0 Å². The number of nitrogens with zero attached hydrogens (tertiary/aromatic N) is 1. The Labute approximate surface area is 146 Å². The molecule has 4 rings (SSSR count). The van der Waals surface area contributed by atoms with Crippen molar-refractivity contribution in [2.45, 2.75) is 38.3 Å². The number of benzene rings is 2. The highest BCUT2D eigenvalue weighted by molar-refractivity contribution is 5.79. The van der Waals surface area contributed by atoms with Crippen LogP contribution in [0.15, 0.2) is 42.5 Å². The first-order chi connectivity index (χ1) is 12.1. The summed E-state index contributed by atoms with van der Waals surface area (Å²) in [6.45, 7) is 2.03. The molecular weight excluding hydrogens is 314 g/mol. The summed E-state index contributed by atoms with van der Waals surface area (Å²) in [5.41, 5.74) is 5.19. The van der Waals surface area contributed by atoms with Crippen LogP contribution in [-0.4, -0.2) is 27.1 Å². The minimum absolute atomic E-state index is 0.0714. The van der Waals surface area contributed by atoms with Gasteiger partial charge in [-0.3, -0.25) is 4.79 Å². The molecule has 0 unspecified atom stereocenters. The number of aryl methyl sites for hydroxylation is 2. The van der Waals surface area contributed by atoms with Crippen molar-refractivity contribution >= 4 is 16.9 Å². The summed E-state index contributed by atoms with van der Waals surface area (Å²) in [6.07, 6.45) is 0.911. The van der Waals surface area contributed by atoms with E-state index in [-0.39, 0.29) is 11.9 Å². The number of imidazole rings is 1. The van der Waals surface area contributed by atoms with Crippen LogP contribution in [-0.2, 0) is 17.6 Å². The molecule has 1 aromatic heterocycles. The van der Waals surface area contributed by atoms with Gasteiger partial charge < -0.3 is 15.4 Å². The molecule has 0 spiro atoms. The molecule has 1 aliphatic rings. The molecule has 2 atom stereocenters. The summed E-state index contributed by atoms with van der Waals surface area (Å²) < 4.78 is 0. The van der Waals surface area contributed by atoms with E-state index < -0.39 is 6.10 Å². The first-order valence-corrected chi connectivity index (χ1v) is 8.61. The number of nitrogens with one attached hydrogen (secondary N) is 2. The van der Waals surface area contributed by atoms with Crippen LogP contribution in [0.25, 0.3) is 11.0 Å². The quantitative estimate of drug-likeness (QED) is 0.686. The zero-order valence-corrected chi connectivity index (χ0v) is 14.1. The Morgan fingerprint density at radius 1 is 1.28 bits per heavy atom. The number of aliphatic hydroxyl groups excluding tert-OH is 1. The van der Waals surface area contributed by atoms with Gasteiger partial charge in [0.05, 0.1) is 23.2 Å². The minimum Gasteiger partial charge on any atom is -0.390 e.